The summed E-state index contributed by atoms with van der Waals surface area (Å²) in [5.74, 6) is 1.09. The zero-order chi connectivity index (χ0) is 16.9. The normalized spacial score (nSPS) is 22.9. The summed E-state index contributed by atoms with van der Waals surface area (Å²) in [6.07, 6.45) is 8.81. The molecule has 2 fully saturated rings. The van der Waals surface area contributed by atoms with E-state index in [1.807, 2.05) is 17.0 Å². The third-order valence-corrected chi connectivity index (χ3v) is 5.24. The molecule has 0 bridgehead atoms. The first-order valence-corrected chi connectivity index (χ1v) is 8.96. The van der Waals surface area contributed by atoms with Crippen LogP contribution in [0.4, 0.5) is 0 Å². The molecule has 0 aromatic carbocycles. The van der Waals surface area contributed by atoms with Gasteiger partial charge in [0.05, 0.1) is 12.3 Å². The summed E-state index contributed by atoms with van der Waals surface area (Å²) >= 11 is 0. The molecule has 1 unspecified atom stereocenters. The van der Waals surface area contributed by atoms with Gasteiger partial charge >= 0.3 is 0 Å². The van der Waals surface area contributed by atoms with E-state index < -0.39 is 0 Å². The summed E-state index contributed by atoms with van der Waals surface area (Å²) in [6.45, 7) is 5.62. The number of furan rings is 1. The van der Waals surface area contributed by atoms with Crippen molar-refractivity contribution in [1.29, 1.82) is 0 Å². The lowest BCUT2D eigenvalue weighted by atomic mass is 9.94. The van der Waals surface area contributed by atoms with Crippen molar-refractivity contribution < 1.29 is 14.0 Å². The number of nitrogens with zero attached hydrogens (tertiary/aromatic N) is 2. The maximum Gasteiger partial charge on any atom is 0.245 e. The summed E-state index contributed by atoms with van der Waals surface area (Å²) in [7, 11) is 0. The number of piperidine rings is 1. The molecule has 1 aromatic heterocycles. The van der Waals surface area contributed by atoms with E-state index >= 15 is 0 Å². The van der Waals surface area contributed by atoms with Gasteiger partial charge in [0, 0.05) is 25.6 Å². The van der Waals surface area contributed by atoms with Crippen LogP contribution in [-0.2, 0) is 9.59 Å². The molecule has 2 aliphatic rings. The van der Waals surface area contributed by atoms with Crippen LogP contribution in [0.15, 0.2) is 35.5 Å². The predicted octanol–water partition coefficient (Wildman–Crippen LogP) is 3.15. The molecule has 130 valence electrons. The third kappa shape index (κ3) is 3.55. The Morgan fingerprint density at radius 3 is 2.58 bits per heavy atom. The van der Waals surface area contributed by atoms with Gasteiger partial charge in [-0.1, -0.05) is 19.4 Å². The zero-order valence-corrected chi connectivity index (χ0v) is 14.2. The Kier molecular flexibility index (Phi) is 5.38. The first-order valence-electron chi connectivity index (χ1n) is 8.96. The third-order valence-electron chi connectivity index (χ3n) is 5.24. The topological polar surface area (TPSA) is 53.8 Å². The largest absolute Gasteiger partial charge is 0.467 e. The van der Waals surface area contributed by atoms with Crippen LogP contribution < -0.4 is 0 Å². The lowest BCUT2D eigenvalue weighted by molar-refractivity contribution is -0.141. The second kappa shape index (κ2) is 7.69. The van der Waals surface area contributed by atoms with Gasteiger partial charge in [-0.2, -0.15) is 0 Å². The summed E-state index contributed by atoms with van der Waals surface area (Å²) in [5, 5.41) is 0. The average molecular weight is 330 g/mol. The monoisotopic (exact) mass is 330 g/mol. The van der Waals surface area contributed by atoms with Gasteiger partial charge in [0.25, 0.3) is 0 Å². The van der Waals surface area contributed by atoms with Gasteiger partial charge in [-0.25, -0.2) is 0 Å². The molecular formula is C19H26N2O3. The van der Waals surface area contributed by atoms with Crippen molar-refractivity contribution in [3.05, 3.63) is 36.8 Å². The van der Waals surface area contributed by atoms with Crippen LogP contribution in [0, 0.1) is 5.92 Å². The van der Waals surface area contributed by atoms with Crippen LogP contribution in [-0.4, -0.2) is 41.2 Å². The second-order valence-corrected chi connectivity index (χ2v) is 6.72. The van der Waals surface area contributed by atoms with Crippen molar-refractivity contribution in [1.82, 2.24) is 9.80 Å². The molecule has 2 saturated heterocycles. The van der Waals surface area contributed by atoms with Gasteiger partial charge in [-0.15, -0.1) is 0 Å². The lowest BCUT2D eigenvalue weighted by Gasteiger charge is -2.36. The first kappa shape index (κ1) is 16.8. The molecule has 5 heteroatoms. The van der Waals surface area contributed by atoms with Crippen molar-refractivity contribution in [2.24, 2.45) is 5.92 Å². The van der Waals surface area contributed by atoms with Crippen LogP contribution in [0.5, 0.6) is 0 Å². The predicted molar refractivity (Wildman–Crippen MR) is 91.1 cm³/mol. The van der Waals surface area contributed by atoms with Crippen LogP contribution in [0.3, 0.4) is 0 Å². The van der Waals surface area contributed by atoms with Gasteiger partial charge in [-0.3, -0.25) is 9.59 Å². The number of hydrogen-bond acceptors (Lipinski definition) is 3. The Hall–Kier alpha value is -2.04. The SMILES string of the molecule is C=CC(=O)N1CCC(C(=O)N2CCCCCC2c2ccco2)CC1. The van der Waals surface area contributed by atoms with E-state index in [0.717, 1.165) is 50.8 Å². The number of rotatable bonds is 3. The summed E-state index contributed by atoms with van der Waals surface area (Å²) in [4.78, 5) is 28.6. The van der Waals surface area contributed by atoms with Crippen molar-refractivity contribution >= 4 is 11.8 Å². The lowest BCUT2D eigenvalue weighted by Crippen LogP contribution is -2.45. The number of carbonyl (C=O) groups is 2. The smallest absolute Gasteiger partial charge is 0.245 e. The van der Waals surface area contributed by atoms with Gasteiger partial charge in [0.2, 0.25) is 11.8 Å². The van der Waals surface area contributed by atoms with Crippen LogP contribution in [0.1, 0.15) is 50.3 Å². The van der Waals surface area contributed by atoms with E-state index in [1.165, 1.54) is 6.08 Å². The van der Waals surface area contributed by atoms with Crippen LogP contribution >= 0.6 is 0 Å². The fraction of sp³-hybridized carbons (Fsp3) is 0.579. The van der Waals surface area contributed by atoms with Gasteiger partial charge in [0.1, 0.15) is 5.76 Å². The van der Waals surface area contributed by atoms with Gasteiger partial charge in [-0.05, 0) is 43.9 Å². The quantitative estimate of drug-likeness (QED) is 0.800. The van der Waals surface area contributed by atoms with Crippen LogP contribution in [0.25, 0.3) is 0 Å². The molecule has 3 rings (SSSR count). The molecule has 0 spiro atoms. The summed E-state index contributed by atoms with van der Waals surface area (Å²) in [6, 6.07) is 3.92. The highest BCUT2D eigenvalue weighted by Gasteiger charge is 2.34. The van der Waals surface area contributed by atoms with Gasteiger partial charge < -0.3 is 14.2 Å². The standard InChI is InChI=1S/C19H26N2O3/c1-2-18(22)20-12-9-15(10-13-20)19(23)21-11-5-3-4-7-16(21)17-8-6-14-24-17/h2,6,8,14-16H,1,3-5,7,9-13H2. The molecule has 0 aliphatic carbocycles. The molecule has 0 radical (unpaired) electrons. The average Bonchev–Trinajstić information content (AvgIpc) is 3.05. The molecule has 3 heterocycles. The fourth-order valence-electron chi connectivity index (χ4n) is 3.86. The Morgan fingerprint density at radius 1 is 1.12 bits per heavy atom. The van der Waals surface area contributed by atoms with E-state index in [0.29, 0.717) is 13.1 Å². The molecule has 1 atom stereocenters. The fourth-order valence-corrected chi connectivity index (χ4v) is 3.86. The first-order chi connectivity index (χ1) is 11.7. The highest BCUT2D eigenvalue weighted by molar-refractivity contribution is 5.87. The molecule has 2 amide bonds. The van der Waals surface area contributed by atoms with Crippen molar-refractivity contribution in [2.45, 2.75) is 44.6 Å². The Bertz CT molecular complexity index is 573. The van der Waals surface area contributed by atoms with E-state index in [-0.39, 0.29) is 23.8 Å². The number of amides is 2. The number of hydrogen-bond donors (Lipinski definition) is 0. The Balaban J connectivity index is 1.68. The van der Waals surface area contributed by atoms with Crippen molar-refractivity contribution in [3.8, 4) is 0 Å². The Labute approximate surface area is 143 Å². The molecule has 5 nitrogen and oxygen atoms in total. The number of carbonyl (C=O) groups excluding carboxylic acids is 2. The van der Waals surface area contributed by atoms with Crippen molar-refractivity contribution in [3.63, 3.8) is 0 Å². The molecule has 0 N–H and O–H groups in total. The van der Waals surface area contributed by atoms with E-state index in [4.69, 9.17) is 4.42 Å². The number of likely N-dealkylation sites (tertiary alicyclic amines) is 2. The molecule has 24 heavy (non-hydrogen) atoms. The Morgan fingerprint density at radius 2 is 1.92 bits per heavy atom. The maximum atomic E-state index is 13.1. The van der Waals surface area contributed by atoms with E-state index in [9.17, 15) is 9.59 Å². The van der Waals surface area contributed by atoms with Crippen molar-refractivity contribution in [2.75, 3.05) is 19.6 Å². The zero-order valence-electron chi connectivity index (χ0n) is 14.2. The molecule has 1 aromatic rings. The molecular weight excluding hydrogens is 304 g/mol. The maximum absolute atomic E-state index is 13.1. The molecule has 0 saturated carbocycles. The van der Waals surface area contributed by atoms with Crippen LogP contribution in [0.2, 0.25) is 0 Å². The molecule has 2 aliphatic heterocycles. The minimum Gasteiger partial charge on any atom is -0.467 e. The van der Waals surface area contributed by atoms with E-state index in [1.54, 1.807) is 11.2 Å². The highest BCUT2D eigenvalue weighted by atomic mass is 16.3. The minimum atomic E-state index is -0.0378. The van der Waals surface area contributed by atoms with Gasteiger partial charge in [0.15, 0.2) is 0 Å². The summed E-state index contributed by atoms with van der Waals surface area (Å²) in [5.41, 5.74) is 0. The second-order valence-electron chi connectivity index (χ2n) is 6.72. The van der Waals surface area contributed by atoms with E-state index in [2.05, 4.69) is 6.58 Å². The highest BCUT2D eigenvalue weighted by Crippen LogP contribution is 2.33. The minimum absolute atomic E-state index is 0.00873. The summed E-state index contributed by atoms with van der Waals surface area (Å²) < 4.78 is 5.60.